The van der Waals surface area contributed by atoms with Crippen LogP contribution in [0.4, 0.5) is 16.2 Å². The van der Waals surface area contributed by atoms with E-state index in [2.05, 4.69) is 26.5 Å². The van der Waals surface area contributed by atoms with Gasteiger partial charge < -0.3 is 19.5 Å². The average Bonchev–Trinajstić information content (AvgIpc) is 3.47. The minimum Gasteiger partial charge on any atom is -0.419 e. The molecule has 31 heavy (non-hydrogen) atoms. The molecule has 1 aliphatic heterocycles. The number of para-hydroxylation sites is 2. The van der Waals surface area contributed by atoms with Gasteiger partial charge in [-0.3, -0.25) is 0 Å². The summed E-state index contributed by atoms with van der Waals surface area (Å²) in [7, 11) is 0. The number of carbonyl (C=O) groups excluding carboxylic acids is 1. The van der Waals surface area contributed by atoms with Crippen LogP contribution in [0.3, 0.4) is 0 Å². The topological polar surface area (TPSA) is 74.5 Å². The van der Waals surface area contributed by atoms with Crippen molar-refractivity contribution in [2.75, 3.05) is 29.9 Å². The van der Waals surface area contributed by atoms with Gasteiger partial charge in [-0.05, 0) is 43.5 Å². The summed E-state index contributed by atoms with van der Waals surface area (Å²) in [5, 5.41) is 11.8. The first-order valence-electron chi connectivity index (χ1n) is 10.6. The number of hydrogen-bond donors (Lipinski definition) is 1. The maximum atomic E-state index is 13.1. The lowest BCUT2D eigenvalue weighted by molar-refractivity contribution is 0.203. The van der Waals surface area contributed by atoms with E-state index >= 15 is 0 Å². The number of hydrogen-bond acceptors (Lipinski definition) is 5. The van der Waals surface area contributed by atoms with E-state index in [4.69, 9.17) is 16.0 Å². The first-order chi connectivity index (χ1) is 15.2. The molecule has 0 bridgehead atoms. The highest BCUT2D eigenvalue weighted by atomic mass is 35.5. The largest absolute Gasteiger partial charge is 0.419 e. The number of halogens is 1. The van der Waals surface area contributed by atoms with E-state index in [9.17, 15) is 4.79 Å². The van der Waals surface area contributed by atoms with Crippen molar-refractivity contribution in [3.63, 3.8) is 0 Å². The van der Waals surface area contributed by atoms with Crippen molar-refractivity contribution in [3.05, 3.63) is 59.4 Å². The van der Waals surface area contributed by atoms with Crippen molar-refractivity contribution in [1.82, 2.24) is 15.1 Å². The lowest BCUT2D eigenvalue weighted by Gasteiger charge is -2.25. The lowest BCUT2D eigenvalue weighted by atomic mass is 10.2. The highest BCUT2D eigenvalue weighted by Gasteiger charge is 2.21. The van der Waals surface area contributed by atoms with E-state index in [0.29, 0.717) is 28.9 Å². The van der Waals surface area contributed by atoms with Crippen LogP contribution >= 0.6 is 11.6 Å². The lowest BCUT2D eigenvalue weighted by Crippen LogP contribution is -2.35. The summed E-state index contributed by atoms with van der Waals surface area (Å²) in [6.07, 6.45) is 3.16. The van der Waals surface area contributed by atoms with Crippen molar-refractivity contribution in [2.45, 2.75) is 32.7 Å². The third kappa shape index (κ3) is 4.99. The summed E-state index contributed by atoms with van der Waals surface area (Å²) in [6.45, 7) is 4.85. The zero-order valence-electron chi connectivity index (χ0n) is 17.6. The Morgan fingerprint density at radius 3 is 2.65 bits per heavy atom. The van der Waals surface area contributed by atoms with Gasteiger partial charge in [0.05, 0.1) is 22.0 Å². The smallest absolute Gasteiger partial charge is 0.322 e. The van der Waals surface area contributed by atoms with Crippen molar-refractivity contribution in [3.8, 4) is 11.5 Å². The molecule has 0 unspecified atom stereocenters. The number of nitrogens with one attached hydrogen (secondary N) is 1. The second-order valence-electron chi connectivity index (χ2n) is 7.54. The molecule has 1 aliphatic rings. The Bertz CT molecular complexity index is 1030. The van der Waals surface area contributed by atoms with Crippen LogP contribution in [0.2, 0.25) is 5.02 Å². The maximum Gasteiger partial charge on any atom is 0.322 e. The Morgan fingerprint density at radius 1 is 1.13 bits per heavy atom. The van der Waals surface area contributed by atoms with Crippen LogP contribution in [-0.2, 0) is 6.54 Å². The maximum absolute atomic E-state index is 13.1. The zero-order valence-corrected chi connectivity index (χ0v) is 18.3. The fourth-order valence-corrected chi connectivity index (χ4v) is 3.97. The number of nitrogens with zero attached hydrogens (tertiary/aromatic N) is 4. The highest BCUT2D eigenvalue weighted by molar-refractivity contribution is 6.33. The standard InChI is InChI=1S/C23H26ClN5O2/c1-2-13-29(16-21-26-27-22(31-21)17-9-3-4-10-18(17)24)23(30)25-19-11-5-6-12-20(19)28-14-7-8-15-28/h3-6,9-12H,2,7-8,13-16H2,1H3,(H,25,30). The first kappa shape index (κ1) is 21.2. The molecule has 8 heteroatoms. The summed E-state index contributed by atoms with van der Waals surface area (Å²) >= 11 is 6.23. The van der Waals surface area contributed by atoms with Gasteiger partial charge in [0.2, 0.25) is 11.8 Å². The molecule has 4 rings (SSSR count). The molecular formula is C23H26ClN5O2. The van der Waals surface area contributed by atoms with Crippen LogP contribution in [0.1, 0.15) is 32.1 Å². The molecule has 0 aliphatic carbocycles. The fourth-order valence-electron chi connectivity index (χ4n) is 3.75. The molecule has 2 heterocycles. The molecule has 0 saturated carbocycles. The van der Waals surface area contributed by atoms with Crippen LogP contribution in [0, 0.1) is 0 Å². The Kier molecular flexibility index (Phi) is 6.72. The zero-order chi connectivity index (χ0) is 21.6. The number of urea groups is 1. The molecule has 162 valence electrons. The van der Waals surface area contributed by atoms with Gasteiger partial charge in [0.1, 0.15) is 6.54 Å². The van der Waals surface area contributed by atoms with Gasteiger partial charge in [-0.15, -0.1) is 10.2 Å². The van der Waals surface area contributed by atoms with Crippen molar-refractivity contribution >= 4 is 29.0 Å². The summed E-state index contributed by atoms with van der Waals surface area (Å²) in [5.41, 5.74) is 2.55. The molecule has 0 radical (unpaired) electrons. The molecule has 3 aromatic rings. The number of carbonyl (C=O) groups is 1. The van der Waals surface area contributed by atoms with Crippen LogP contribution in [0.25, 0.3) is 11.5 Å². The second kappa shape index (κ2) is 9.83. The number of rotatable bonds is 7. The highest BCUT2D eigenvalue weighted by Crippen LogP contribution is 2.29. The SMILES string of the molecule is CCCN(Cc1nnc(-c2ccccc2Cl)o1)C(=O)Nc1ccccc1N1CCCC1. The number of anilines is 2. The third-order valence-electron chi connectivity index (χ3n) is 5.27. The summed E-state index contributed by atoms with van der Waals surface area (Å²) in [6, 6.07) is 15.1. The molecule has 2 aromatic carbocycles. The summed E-state index contributed by atoms with van der Waals surface area (Å²) in [4.78, 5) is 17.1. The molecule has 2 amide bonds. The van der Waals surface area contributed by atoms with Gasteiger partial charge >= 0.3 is 6.03 Å². The molecular weight excluding hydrogens is 414 g/mol. The van der Waals surface area contributed by atoms with E-state index in [0.717, 1.165) is 30.9 Å². The van der Waals surface area contributed by atoms with E-state index in [1.165, 1.54) is 12.8 Å². The van der Waals surface area contributed by atoms with E-state index in [1.54, 1.807) is 11.0 Å². The van der Waals surface area contributed by atoms with Gasteiger partial charge in [0, 0.05) is 19.6 Å². The van der Waals surface area contributed by atoms with Gasteiger partial charge in [0.15, 0.2) is 0 Å². The predicted octanol–water partition coefficient (Wildman–Crippen LogP) is 5.43. The third-order valence-corrected chi connectivity index (χ3v) is 5.60. The molecule has 7 nitrogen and oxygen atoms in total. The summed E-state index contributed by atoms with van der Waals surface area (Å²) < 4.78 is 5.80. The fraction of sp³-hybridized carbons (Fsp3) is 0.348. The minimum absolute atomic E-state index is 0.189. The number of amides is 2. The minimum atomic E-state index is -0.189. The van der Waals surface area contributed by atoms with Crippen molar-refractivity contribution in [2.24, 2.45) is 0 Å². The van der Waals surface area contributed by atoms with Gasteiger partial charge in [-0.1, -0.05) is 42.8 Å². The quantitative estimate of drug-likeness (QED) is 0.531. The monoisotopic (exact) mass is 439 g/mol. The Hall–Kier alpha value is -3.06. The molecule has 1 aromatic heterocycles. The van der Waals surface area contributed by atoms with Crippen molar-refractivity contribution in [1.29, 1.82) is 0 Å². The molecule has 0 spiro atoms. The Labute approximate surface area is 187 Å². The van der Waals surface area contributed by atoms with Crippen molar-refractivity contribution < 1.29 is 9.21 Å². The summed E-state index contributed by atoms with van der Waals surface area (Å²) in [5.74, 6) is 0.711. The van der Waals surface area contributed by atoms with Gasteiger partial charge in [-0.25, -0.2) is 4.79 Å². The Morgan fingerprint density at radius 2 is 1.87 bits per heavy atom. The van der Waals surface area contributed by atoms with Crippen LogP contribution in [0.15, 0.2) is 52.9 Å². The molecule has 1 fully saturated rings. The molecule has 0 atom stereocenters. The van der Waals surface area contributed by atoms with E-state index < -0.39 is 0 Å². The number of benzene rings is 2. The van der Waals surface area contributed by atoms with Gasteiger partial charge in [0.25, 0.3) is 0 Å². The van der Waals surface area contributed by atoms with E-state index in [1.807, 2.05) is 43.3 Å². The van der Waals surface area contributed by atoms with E-state index in [-0.39, 0.29) is 12.6 Å². The molecule has 1 saturated heterocycles. The van der Waals surface area contributed by atoms with Crippen LogP contribution in [-0.4, -0.2) is 40.8 Å². The predicted molar refractivity (Wildman–Crippen MR) is 122 cm³/mol. The molecule has 1 N–H and O–H groups in total. The average molecular weight is 440 g/mol. The van der Waals surface area contributed by atoms with Crippen LogP contribution in [0.5, 0.6) is 0 Å². The van der Waals surface area contributed by atoms with Crippen LogP contribution < -0.4 is 10.2 Å². The van der Waals surface area contributed by atoms with Gasteiger partial charge in [-0.2, -0.15) is 0 Å². The second-order valence-corrected chi connectivity index (χ2v) is 7.95. The first-order valence-corrected chi connectivity index (χ1v) is 11.0. The normalized spacial score (nSPS) is 13.4. The number of aromatic nitrogens is 2. The Balaban J connectivity index is 1.48.